The van der Waals surface area contributed by atoms with E-state index in [0.29, 0.717) is 17.7 Å². The van der Waals surface area contributed by atoms with Gasteiger partial charge in [0.25, 0.3) is 6.71 Å². The molecule has 0 radical (unpaired) electrons. The molecule has 0 saturated heterocycles. The Labute approximate surface area is 269 Å². The number of rotatable bonds is 2. The van der Waals surface area contributed by atoms with Gasteiger partial charge in [0, 0.05) is 27.2 Å². The first-order valence-corrected chi connectivity index (χ1v) is 15.8. The van der Waals surface area contributed by atoms with E-state index in [1.807, 2.05) is 36.4 Å². The Kier molecular flexibility index (Phi) is 4.83. The number of ether oxygens (including phenoxy) is 2. The molecule has 0 spiro atoms. The normalized spacial score (nSPS) is 13.0. The first-order chi connectivity index (χ1) is 23.3. The van der Waals surface area contributed by atoms with Gasteiger partial charge in [0.05, 0.1) is 27.5 Å². The largest absolute Gasteiger partial charge is 0.440 e. The lowest BCUT2D eigenvalue weighted by Gasteiger charge is -2.31. The Morgan fingerprint density at radius 1 is 0.447 bits per heavy atom. The van der Waals surface area contributed by atoms with Crippen LogP contribution >= 0.6 is 0 Å². The number of hydrogen-bond acceptors (Lipinski definition) is 4. The van der Waals surface area contributed by atoms with E-state index in [1.54, 1.807) is 0 Å². The predicted octanol–water partition coefficient (Wildman–Crippen LogP) is 7.40. The summed E-state index contributed by atoms with van der Waals surface area (Å²) in [6.45, 7) is -0.0733. The Balaban J connectivity index is 1.16. The summed E-state index contributed by atoms with van der Waals surface area (Å²) in [4.78, 5) is 10.2. The third kappa shape index (κ3) is 3.35. The molecule has 6 aromatic carbocycles. The van der Waals surface area contributed by atoms with Gasteiger partial charge in [-0.3, -0.25) is 4.57 Å². The average Bonchev–Trinajstić information content (AvgIpc) is 3.64. The summed E-state index contributed by atoms with van der Waals surface area (Å²) in [5.41, 5.74) is 8.51. The second-order valence-electron chi connectivity index (χ2n) is 12.2. The third-order valence-corrected chi connectivity index (χ3v) is 9.72. The van der Waals surface area contributed by atoms with Crippen LogP contribution in [-0.4, -0.2) is 25.8 Å². The number of nitrogens with zero attached hydrogens (tertiary/aromatic N) is 4. The monoisotopic (exact) mass is 602 g/mol. The molecule has 0 amide bonds. The summed E-state index contributed by atoms with van der Waals surface area (Å²) in [5, 5.41) is 4.72. The van der Waals surface area contributed by atoms with Crippen molar-refractivity contribution in [2.45, 2.75) is 0 Å². The van der Waals surface area contributed by atoms with Crippen molar-refractivity contribution in [1.29, 1.82) is 0 Å². The lowest BCUT2D eigenvalue weighted by Crippen LogP contribution is -2.58. The Hall–Kier alpha value is -6.34. The van der Waals surface area contributed by atoms with Gasteiger partial charge >= 0.3 is 0 Å². The fourth-order valence-electron chi connectivity index (χ4n) is 7.75. The van der Waals surface area contributed by atoms with E-state index in [1.165, 1.54) is 21.8 Å². The number of fused-ring (bicyclic) bond motifs is 10. The van der Waals surface area contributed by atoms with E-state index in [9.17, 15) is 0 Å². The topological polar surface area (TPSA) is 54.1 Å². The fourth-order valence-corrected chi connectivity index (χ4v) is 7.75. The summed E-state index contributed by atoms with van der Waals surface area (Å²) in [6, 6.07) is 48.6. The van der Waals surface area contributed by atoms with Crippen LogP contribution in [0.15, 0.2) is 140 Å². The van der Waals surface area contributed by atoms with Gasteiger partial charge in [0.1, 0.15) is 11.5 Å². The van der Waals surface area contributed by atoms with Gasteiger partial charge in [-0.2, -0.15) is 9.97 Å². The molecule has 0 fully saturated rings. The zero-order valence-electron chi connectivity index (χ0n) is 25.0. The standard InChI is InChI=1S/C40H23BN4O2/c1-6-16-31-25(11-1)26-12-2-7-17-32(26)44(31)24-21-22-34-28(23-24)27-13-3-8-18-33(27)45(34)40-42-38-37-39(43-40)47-36-20-10-5-15-30(36)41(37)29-14-4-9-19-35(29)46-38/h1-23H. The minimum Gasteiger partial charge on any atom is -0.440 e. The maximum atomic E-state index is 6.50. The Bertz CT molecular complexity index is 2660. The lowest BCUT2D eigenvalue weighted by molar-refractivity contribution is 0.437. The quantitative estimate of drug-likeness (QED) is 0.194. The smallest absolute Gasteiger partial charge is 0.265 e. The summed E-state index contributed by atoms with van der Waals surface area (Å²) in [5.74, 6) is 3.16. The third-order valence-electron chi connectivity index (χ3n) is 9.72. The maximum Gasteiger partial charge on any atom is 0.265 e. The number of benzene rings is 6. The molecule has 47 heavy (non-hydrogen) atoms. The van der Waals surface area contributed by atoms with Crippen molar-refractivity contribution < 1.29 is 9.47 Å². The molecule has 3 aromatic heterocycles. The van der Waals surface area contributed by atoms with Gasteiger partial charge in [-0.05, 0) is 59.5 Å². The van der Waals surface area contributed by atoms with Crippen LogP contribution < -0.4 is 25.9 Å². The molecule has 0 N–H and O–H groups in total. The van der Waals surface area contributed by atoms with Gasteiger partial charge in [0.2, 0.25) is 17.7 Å². The first-order valence-electron chi connectivity index (χ1n) is 15.8. The fraction of sp³-hybridized carbons (Fsp3) is 0. The summed E-state index contributed by atoms with van der Waals surface area (Å²) >= 11 is 0. The SMILES string of the molecule is c1ccc2c(c1)Oc1nc(-n3c4ccccc4c4cc(-n5c6ccccc6c6ccccc65)ccc43)nc3c1B2c1ccccc1O3. The van der Waals surface area contributed by atoms with E-state index >= 15 is 0 Å². The molecule has 11 rings (SSSR count). The molecular formula is C40H23BN4O2. The molecule has 2 aliphatic rings. The summed E-state index contributed by atoms with van der Waals surface area (Å²) in [6.07, 6.45) is 0. The highest BCUT2D eigenvalue weighted by Gasteiger charge is 2.42. The number of aromatic nitrogens is 4. The van der Waals surface area contributed by atoms with Crippen molar-refractivity contribution in [1.82, 2.24) is 19.1 Å². The van der Waals surface area contributed by atoms with E-state index in [2.05, 4.69) is 112 Å². The molecule has 0 atom stereocenters. The van der Waals surface area contributed by atoms with Gasteiger partial charge in [-0.25, -0.2) is 0 Å². The van der Waals surface area contributed by atoms with E-state index in [0.717, 1.165) is 55.4 Å². The molecular weight excluding hydrogens is 579 g/mol. The Morgan fingerprint density at radius 2 is 0.915 bits per heavy atom. The second kappa shape index (κ2) is 9.11. The van der Waals surface area contributed by atoms with Crippen LogP contribution in [0.25, 0.3) is 55.2 Å². The van der Waals surface area contributed by atoms with Crippen LogP contribution in [0.5, 0.6) is 23.3 Å². The highest BCUT2D eigenvalue weighted by molar-refractivity contribution is 6.98. The number of para-hydroxylation sites is 5. The van der Waals surface area contributed by atoms with E-state index in [4.69, 9.17) is 19.4 Å². The summed E-state index contributed by atoms with van der Waals surface area (Å²) < 4.78 is 17.5. The van der Waals surface area contributed by atoms with Gasteiger partial charge in [-0.15, -0.1) is 0 Å². The molecule has 0 aliphatic carbocycles. The minimum absolute atomic E-state index is 0.0733. The summed E-state index contributed by atoms with van der Waals surface area (Å²) in [7, 11) is 0. The van der Waals surface area contributed by atoms with Crippen LogP contribution in [-0.2, 0) is 0 Å². The van der Waals surface area contributed by atoms with Crippen LogP contribution in [0.4, 0.5) is 0 Å². The van der Waals surface area contributed by atoms with Crippen molar-refractivity contribution in [3.63, 3.8) is 0 Å². The first kappa shape index (κ1) is 24.9. The van der Waals surface area contributed by atoms with Crippen molar-refractivity contribution in [3.8, 4) is 34.9 Å². The van der Waals surface area contributed by atoms with Gasteiger partial charge in [0.15, 0.2) is 0 Å². The highest BCUT2D eigenvalue weighted by atomic mass is 16.5. The van der Waals surface area contributed by atoms with Gasteiger partial charge in [-0.1, -0.05) is 91.0 Å². The van der Waals surface area contributed by atoms with Crippen LogP contribution in [0.1, 0.15) is 0 Å². The highest BCUT2D eigenvalue weighted by Crippen LogP contribution is 2.38. The molecule has 5 heterocycles. The van der Waals surface area contributed by atoms with Crippen LogP contribution in [0.2, 0.25) is 0 Å². The zero-order chi connectivity index (χ0) is 30.6. The number of hydrogen-bond donors (Lipinski definition) is 0. The predicted molar refractivity (Wildman–Crippen MR) is 188 cm³/mol. The van der Waals surface area contributed by atoms with Crippen molar-refractivity contribution in [2.24, 2.45) is 0 Å². The second-order valence-corrected chi connectivity index (χ2v) is 12.2. The van der Waals surface area contributed by atoms with Crippen molar-refractivity contribution in [3.05, 3.63) is 140 Å². The van der Waals surface area contributed by atoms with Crippen molar-refractivity contribution in [2.75, 3.05) is 0 Å². The zero-order valence-corrected chi connectivity index (χ0v) is 25.0. The van der Waals surface area contributed by atoms with Crippen LogP contribution in [0.3, 0.4) is 0 Å². The average molecular weight is 602 g/mol. The molecule has 6 nitrogen and oxygen atoms in total. The maximum absolute atomic E-state index is 6.50. The lowest BCUT2D eigenvalue weighted by atomic mass is 9.35. The molecule has 9 aromatic rings. The molecule has 0 unspecified atom stereocenters. The molecule has 2 aliphatic heterocycles. The Morgan fingerprint density at radius 3 is 1.51 bits per heavy atom. The van der Waals surface area contributed by atoms with Gasteiger partial charge < -0.3 is 14.0 Å². The molecule has 0 saturated carbocycles. The van der Waals surface area contributed by atoms with Crippen LogP contribution in [0, 0.1) is 0 Å². The van der Waals surface area contributed by atoms with E-state index in [-0.39, 0.29) is 6.71 Å². The molecule has 218 valence electrons. The molecule has 0 bridgehead atoms. The van der Waals surface area contributed by atoms with E-state index < -0.39 is 0 Å². The minimum atomic E-state index is -0.0733. The molecule has 7 heteroatoms. The van der Waals surface area contributed by atoms with Crippen molar-refractivity contribution >= 4 is 66.7 Å².